The molecule has 1 aromatic rings. The van der Waals surface area contributed by atoms with Crippen LogP contribution in [0.1, 0.15) is 32.8 Å². The van der Waals surface area contributed by atoms with Crippen LogP contribution in [0.2, 0.25) is 0 Å². The van der Waals surface area contributed by atoms with Crippen LogP contribution in [0.15, 0.2) is 29.3 Å². The molecule has 0 aromatic heterocycles. The summed E-state index contributed by atoms with van der Waals surface area (Å²) in [4.78, 5) is 6.77. The standard InChI is InChI=1S/C16H25N3O/c1-5-16(13-6-8-14(20-4)9-7-13)11-18-15(17)19(16)10-12(2)3/h6-9,12H,5,10-11H2,1-4H3,(H2,17,18). The molecule has 0 bridgehead atoms. The Morgan fingerprint density at radius 1 is 1.35 bits per heavy atom. The van der Waals surface area contributed by atoms with Gasteiger partial charge in [-0.25, -0.2) is 0 Å². The molecule has 1 aromatic carbocycles. The smallest absolute Gasteiger partial charge is 0.192 e. The first kappa shape index (κ1) is 14.7. The Morgan fingerprint density at radius 3 is 2.50 bits per heavy atom. The Hall–Kier alpha value is -1.71. The normalized spacial score (nSPS) is 22.2. The molecule has 0 aliphatic carbocycles. The van der Waals surface area contributed by atoms with Crippen LogP contribution >= 0.6 is 0 Å². The van der Waals surface area contributed by atoms with E-state index in [1.165, 1.54) is 5.56 Å². The van der Waals surface area contributed by atoms with E-state index in [4.69, 9.17) is 10.5 Å². The van der Waals surface area contributed by atoms with E-state index in [2.05, 4.69) is 42.8 Å². The summed E-state index contributed by atoms with van der Waals surface area (Å²) in [5.41, 5.74) is 7.27. The maximum Gasteiger partial charge on any atom is 0.192 e. The first-order valence-corrected chi connectivity index (χ1v) is 7.25. The largest absolute Gasteiger partial charge is 0.497 e. The second-order valence-corrected chi connectivity index (χ2v) is 5.79. The lowest BCUT2D eigenvalue weighted by Crippen LogP contribution is -2.50. The minimum atomic E-state index is -0.110. The lowest BCUT2D eigenvalue weighted by Gasteiger charge is -2.40. The lowest BCUT2D eigenvalue weighted by molar-refractivity contribution is 0.176. The van der Waals surface area contributed by atoms with Gasteiger partial charge in [-0.1, -0.05) is 32.9 Å². The highest BCUT2D eigenvalue weighted by atomic mass is 16.5. The highest BCUT2D eigenvalue weighted by Gasteiger charge is 2.42. The number of nitrogens with zero attached hydrogens (tertiary/aromatic N) is 2. The average Bonchev–Trinajstić information content (AvgIpc) is 2.77. The molecule has 4 nitrogen and oxygen atoms in total. The maximum atomic E-state index is 6.12. The number of methoxy groups -OCH3 is 1. The summed E-state index contributed by atoms with van der Waals surface area (Å²) in [7, 11) is 1.69. The number of guanidine groups is 1. The van der Waals surface area contributed by atoms with E-state index < -0.39 is 0 Å². The van der Waals surface area contributed by atoms with Gasteiger partial charge in [0.1, 0.15) is 5.75 Å². The molecular formula is C16H25N3O. The minimum Gasteiger partial charge on any atom is -0.497 e. The van der Waals surface area contributed by atoms with Crippen LogP contribution in [0.5, 0.6) is 5.75 Å². The predicted octanol–water partition coefficient (Wildman–Crippen LogP) is 2.59. The molecule has 20 heavy (non-hydrogen) atoms. The van der Waals surface area contributed by atoms with Gasteiger partial charge in [-0.3, -0.25) is 4.99 Å². The minimum absolute atomic E-state index is 0.110. The molecule has 0 radical (unpaired) electrons. The third-order valence-electron chi connectivity index (χ3n) is 4.06. The van der Waals surface area contributed by atoms with Crippen molar-refractivity contribution in [2.45, 2.75) is 32.7 Å². The molecule has 0 amide bonds. The van der Waals surface area contributed by atoms with Crippen molar-refractivity contribution in [3.8, 4) is 5.75 Å². The third-order valence-corrected chi connectivity index (χ3v) is 4.06. The molecule has 2 N–H and O–H groups in total. The summed E-state index contributed by atoms with van der Waals surface area (Å²) in [5.74, 6) is 2.09. The van der Waals surface area contributed by atoms with Gasteiger partial charge < -0.3 is 15.4 Å². The SMILES string of the molecule is CCC1(c2ccc(OC)cc2)CN=C(N)N1CC(C)C. The highest BCUT2D eigenvalue weighted by Crippen LogP contribution is 2.37. The molecule has 0 fully saturated rings. The fraction of sp³-hybridized carbons (Fsp3) is 0.562. The van der Waals surface area contributed by atoms with Gasteiger partial charge in [0.25, 0.3) is 0 Å². The summed E-state index contributed by atoms with van der Waals surface area (Å²) in [6.45, 7) is 8.27. The summed E-state index contributed by atoms with van der Waals surface area (Å²) in [6, 6.07) is 8.27. The summed E-state index contributed by atoms with van der Waals surface area (Å²) >= 11 is 0. The van der Waals surface area contributed by atoms with Gasteiger partial charge in [-0.2, -0.15) is 0 Å². The molecule has 0 saturated heterocycles. The van der Waals surface area contributed by atoms with Gasteiger partial charge in [0.2, 0.25) is 0 Å². The van der Waals surface area contributed by atoms with E-state index in [9.17, 15) is 0 Å². The van der Waals surface area contributed by atoms with Crippen molar-refractivity contribution in [2.75, 3.05) is 20.2 Å². The van der Waals surface area contributed by atoms with Crippen LogP contribution in [0, 0.1) is 5.92 Å². The highest BCUT2D eigenvalue weighted by molar-refractivity contribution is 5.81. The first-order chi connectivity index (χ1) is 9.53. The van der Waals surface area contributed by atoms with Gasteiger partial charge in [-0.15, -0.1) is 0 Å². The predicted molar refractivity (Wildman–Crippen MR) is 83.0 cm³/mol. The van der Waals surface area contributed by atoms with E-state index in [1.54, 1.807) is 7.11 Å². The fourth-order valence-electron chi connectivity index (χ4n) is 2.89. The molecule has 4 heteroatoms. The topological polar surface area (TPSA) is 50.9 Å². The Morgan fingerprint density at radius 2 is 2.00 bits per heavy atom. The first-order valence-electron chi connectivity index (χ1n) is 7.25. The van der Waals surface area contributed by atoms with Crippen molar-refractivity contribution in [3.05, 3.63) is 29.8 Å². The van der Waals surface area contributed by atoms with Gasteiger partial charge >= 0.3 is 0 Å². The molecule has 1 aliphatic heterocycles. The molecule has 0 saturated carbocycles. The maximum absolute atomic E-state index is 6.12. The summed E-state index contributed by atoms with van der Waals surface area (Å²) < 4.78 is 5.24. The Kier molecular flexibility index (Phi) is 4.21. The molecule has 0 spiro atoms. The number of nitrogens with two attached hydrogens (primary N) is 1. The average molecular weight is 275 g/mol. The quantitative estimate of drug-likeness (QED) is 0.898. The molecule has 1 unspecified atom stereocenters. The van der Waals surface area contributed by atoms with Crippen LogP contribution in [-0.2, 0) is 5.54 Å². The van der Waals surface area contributed by atoms with Gasteiger partial charge in [0, 0.05) is 6.54 Å². The molecule has 1 atom stereocenters. The molecule has 110 valence electrons. The van der Waals surface area contributed by atoms with Crippen molar-refractivity contribution < 1.29 is 4.74 Å². The van der Waals surface area contributed by atoms with Crippen molar-refractivity contribution in [3.63, 3.8) is 0 Å². The molecule has 2 rings (SSSR count). The van der Waals surface area contributed by atoms with Crippen LogP contribution in [0.3, 0.4) is 0 Å². The fourth-order valence-corrected chi connectivity index (χ4v) is 2.89. The van der Waals surface area contributed by atoms with Crippen LogP contribution < -0.4 is 10.5 Å². The second-order valence-electron chi connectivity index (χ2n) is 5.79. The lowest BCUT2D eigenvalue weighted by atomic mass is 9.85. The number of rotatable bonds is 5. The zero-order valence-corrected chi connectivity index (χ0v) is 12.9. The van der Waals surface area contributed by atoms with E-state index >= 15 is 0 Å². The van der Waals surface area contributed by atoms with Gasteiger partial charge in [0.05, 0.1) is 19.2 Å². The van der Waals surface area contributed by atoms with Crippen LogP contribution in [0.25, 0.3) is 0 Å². The monoisotopic (exact) mass is 275 g/mol. The van der Waals surface area contributed by atoms with E-state index in [1.807, 2.05) is 12.1 Å². The summed E-state index contributed by atoms with van der Waals surface area (Å²) in [5, 5.41) is 0. The number of benzene rings is 1. The van der Waals surface area contributed by atoms with E-state index in [0.717, 1.165) is 25.3 Å². The van der Waals surface area contributed by atoms with E-state index in [0.29, 0.717) is 11.9 Å². The Bertz CT molecular complexity index is 481. The number of hydrogen-bond donors (Lipinski definition) is 1. The zero-order chi connectivity index (χ0) is 14.8. The number of aliphatic imine (C=N–C) groups is 1. The second kappa shape index (κ2) is 5.73. The van der Waals surface area contributed by atoms with Crippen molar-refractivity contribution in [2.24, 2.45) is 16.6 Å². The van der Waals surface area contributed by atoms with Crippen LogP contribution in [-0.4, -0.2) is 31.1 Å². The third kappa shape index (κ3) is 2.47. The van der Waals surface area contributed by atoms with Gasteiger partial charge in [0.15, 0.2) is 5.96 Å². The van der Waals surface area contributed by atoms with Crippen molar-refractivity contribution in [1.82, 2.24) is 4.90 Å². The Balaban J connectivity index is 2.36. The molecule has 1 aliphatic rings. The molecular weight excluding hydrogens is 250 g/mol. The van der Waals surface area contributed by atoms with Crippen molar-refractivity contribution in [1.29, 1.82) is 0 Å². The van der Waals surface area contributed by atoms with E-state index in [-0.39, 0.29) is 5.54 Å². The summed E-state index contributed by atoms with van der Waals surface area (Å²) in [6.07, 6.45) is 0.982. The Labute approximate surface area is 121 Å². The van der Waals surface area contributed by atoms with Crippen molar-refractivity contribution >= 4 is 5.96 Å². The number of hydrogen-bond acceptors (Lipinski definition) is 4. The van der Waals surface area contributed by atoms with Gasteiger partial charge in [-0.05, 0) is 30.0 Å². The number of ether oxygens (including phenoxy) is 1. The molecule has 1 heterocycles. The zero-order valence-electron chi connectivity index (χ0n) is 12.9. The van der Waals surface area contributed by atoms with Crippen LogP contribution in [0.4, 0.5) is 0 Å².